The van der Waals surface area contributed by atoms with Crippen molar-refractivity contribution in [1.29, 1.82) is 0 Å². The van der Waals surface area contributed by atoms with Gasteiger partial charge in [-0.25, -0.2) is 0 Å². The third kappa shape index (κ3) is 48.4. The number of rotatable bonds is 0. The maximum Gasteiger partial charge on any atom is 0 e. The van der Waals surface area contributed by atoms with Crippen molar-refractivity contribution in [2.75, 3.05) is 0 Å². The third-order valence-electron chi connectivity index (χ3n) is 3.82. The molecule has 0 rings (SSSR count). The molecule has 0 N–H and O–H groups in total. The van der Waals surface area contributed by atoms with Gasteiger partial charge in [-0.2, -0.15) is 0 Å². The van der Waals surface area contributed by atoms with E-state index in [9.17, 15) is 0 Å². The molecule has 0 aliphatic heterocycles. The van der Waals surface area contributed by atoms with E-state index in [1.54, 1.807) is 6.92 Å². The van der Waals surface area contributed by atoms with Crippen LogP contribution in [0.1, 0.15) is 6.92 Å². The van der Waals surface area contributed by atoms with Gasteiger partial charge in [0.2, 0.25) is 0 Å². The summed E-state index contributed by atoms with van der Waals surface area (Å²) < 4.78 is 0. The van der Waals surface area contributed by atoms with Crippen LogP contribution in [0.25, 0.3) is 0 Å². The van der Waals surface area contributed by atoms with Gasteiger partial charge in [0.1, 0.15) is 0 Å². The van der Waals surface area contributed by atoms with Crippen molar-refractivity contribution >= 4 is 0 Å². The molecule has 63 heavy (non-hydrogen) atoms. The zero-order valence-corrected chi connectivity index (χ0v) is 32.1. The summed E-state index contributed by atoms with van der Waals surface area (Å²) in [7, 11) is 0. The Morgan fingerprint density at radius 1 is 0.127 bits per heavy atom. The second kappa shape index (κ2) is 48.4. The lowest BCUT2D eigenvalue weighted by atomic mass is 10.4. The number of hydrogen-bond acceptors (Lipinski definition) is 0. The van der Waals surface area contributed by atoms with Crippen molar-refractivity contribution in [3.8, 4) is 368 Å². The van der Waals surface area contributed by atoms with Gasteiger partial charge < -0.3 is 0 Å². The molecule has 0 bridgehead atoms. The monoisotopic (exact) mass is 760 g/mol. The van der Waals surface area contributed by atoms with Crippen LogP contribution in [-0.2, 0) is 0 Å². The molecule has 0 aromatic rings. The second-order valence-corrected chi connectivity index (χ2v) is 7.77. The summed E-state index contributed by atoms with van der Waals surface area (Å²) in [6.07, 6.45) is 4.94. The van der Waals surface area contributed by atoms with Gasteiger partial charge in [0, 0.05) is 260 Å². The molecule has 0 saturated carbocycles. The fourth-order valence-electron chi connectivity index (χ4n) is 1.88. The molecule has 0 aromatic carbocycles. The lowest BCUT2D eigenvalue weighted by Crippen LogP contribution is -1.57. The molecule has 0 amide bonds. The normalized spacial score (nSPS) is 3.94. The highest BCUT2D eigenvalue weighted by Crippen LogP contribution is 1.63. The van der Waals surface area contributed by atoms with Crippen molar-refractivity contribution in [2.24, 2.45) is 0 Å². The highest BCUT2D eigenvalue weighted by molar-refractivity contribution is 5.52. The fraction of sp³-hybridized carbons (Fsp3) is 0.0159. The van der Waals surface area contributed by atoms with Crippen molar-refractivity contribution in [3.05, 3.63) is 0 Å². The molecule has 0 radical (unpaired) electrons. The maximum atomic E-state index is 4.94. The molecule has 0 spiro atoms. The van der Waals surface area contributed by atoms with E-state index in [0.29, 0.717) is 0 Å². The van der Waals surface area contributed by atoms with E-state index in [4.69, 9.17) is 6.42 Å². The van der Waals surface area contributed by atoms with E-state index in [0.717, 1.165) is 0 Å². The van der Waals surface area contributed by atoms with E-state index < -0.39 is 0 Å². The van der Waals surface area contributed by atoms with Crippen LogP contribution in [0.4, 0.5) is 0 Å². The Bertz CT molecular complexity index is 4040. The summed E-state index contributed by atoms with van der Waals surface area (Å²) in [6, 6.07) is 0. The average Bonchev–Trinajstić information content (AvgIpc) is 3.29. The first-order valence-electron chi connectivity index (χ1n) is 15.8. The van der Waals surface area contributed by atoms with Gasteiger partial charge in [0.15, 0.2) is 0 Å². The summed E-state index contributed by atoms with van der Waals surface area (Å²) in [5.41, 5.74) is 0. The van der Waals surface area contributed by atoms with Crippen molar-refractivity contribution in [2.45, 2.75) is 6.92 Å². The molecular formula is C63H4. The predicted octanol–water partition coefficient (Wildman–Crippen LogP) is 0.741. The molecule has 0 atom stereocenters. The van der Waals surface area contributed by atoms with Gasteiger partial charge in [-0.1, -0.05) is 5.92 Å². The molecule has 256 valence electrons. The Morgan fingerprint density at radius 3 is 0.286 bits per heavy atom. The smallest absolute Gasteiger partial charge is 0 e. The van der Waals surface area contributed by atoms with Crippen LogP contribution >= 0.6 is 0 Å². The van der Waals surface area contributed by atoms with Crippen LogP contribution in [0.2, 0.25) is 0 Å². The highest BCUT2D eigenvalue weighted by atomic mass is 13.6. The lowest BCUT2D eigenvalue weighted by Gasteiger charge is -1.57. The summed E-state index contributed by atoms with van der Waals surface area (Å²) in [5.74, 6) is 152. The van der Waals surface area contributed by atoms with Gasteiger partial charge >= 0.3 is 0 Å². The zero-order valence-electron chi connectivity index (χ0n) is 32.1. The molecule has 0 aromatic heterocycles. The van der Waals surface area contributed by atoms with Crippen molar-refractivity contribution in [1.82, 2.24) is 0 Å². The first-order valence-corrected chi connectivity index (χ1v) is 15.8. The average molecular weight is 761 g/mol. The van der Waals surface area contributed by atoms with Crippen LogP contribution in [0, 0.1) is 368 Å². The maximum absolute atomic E-state index is 4.94. The fourth-order valence-corrected chi connectivity index (χ4v) is 1.88. The second-order valence-electron chi connectivity index (χ2n) is 7.77. The minimum Gasteiger partial charge on any atom is -0.106 e. The molecule has 0 aliphatic carbocycles. The van der Waals surface area contributed by atoms with E-state index in [1.807, 2.05) is 0 Å². The van der Waals surface area contributed by atoms with Crippen LogP contribution in [-0.4, -0.2) is 0 Å². The molecule has 0 unspecified atom stereocenters. The van der Waals surface area contributed by atoms with Gasteiger partial charge in [0.25, 0.3) is 0 Å². The Morgan fingerprint density at radius 2 is 0.206 bits per heavy atom. The zero-order chi connectivity index (χ0) is 45.1. The summed E-state index contributed by atoms with van der Waals surface area (Å²) in [4.78, 5) is 0. The third-order valence-corrected chi connectivity index (χ3v) is 3.82. The Kier molecular flexibility index (Phi) is 37.9. The van der Waals surface area contributed by atoms with E-state index >= 15 is 0 Å². The Hall–Kier alpha value is -13.6. The molecule has 0 heteroatoms. The molecule has 0 fully saturated rings. The van der Waals surface area contributed by atoms with Crippen LogP contribution in [0.5, 0.6) is 0 Å². The quantitative estimate of drug-likeness (QED) is 0.320. The highest BCUT2D eigenvalue weighted by Gasteiger charge is 1.63. The number of hydrogen-bond donors (Lipinski definition) is 0. The van der Waals surface area contributed by atoms with E-state index in [2.05, 4.69) is 361 Å². The minimum atomic E-state index is 1.69. The van der Waals surface area contributed by atoms with Crippen LogP contribution in [0.3, 0.4) is 0 Å². The van der Waals surface area contributed by atoms with Gasteiger partial charge in [-0.05, 0) is 102 Å². The lowest BCUT2D eigenvalue weighted by molar-refractivity contribution is 1.92. The summed E-state index contributed by atoms with van der Waals surface area (Å²) >= 11 is 0. The first-order chi connectivity index (χ1) is 31.4. The minimum absolute atomic E-state index is 1.69. The van der Waals surface area contributed by atoms with Crippen LogP contribution < -0.4 is 0 Å². The molecule has 0 nitrogen and oxygen atoms in total. The topological polar surface area (TPSA) is 0 Å². The molecule has 0 saturated heterocycles. The SMILES string of the molecule is C#CC#CC#CC#CC#CC#CC#CC#CC#CC#CC#CC#CC#CC#CC#CC#CC#CC#CC#CC#CC#CC#CC#CC#CC#CC#CC#CC#CC#CC#CC#CC. The summed E-state index contributed by atoms with van der Waals surface area (Å²) in [5, 5.41) is 0. The Labute approximate surface area is 372 Å². The summed E-state index contributed by atoms with van der Waals surface area (Å²) in [6.45, 7) is 1.69. The van der Waals surface area contributed by atoms with Gasteiger partial charge in [-0.15, -0.1) is 6.42 Å². The van der Waals surface area contributed by atoms with E-state index in [1.165, 1.54) is 0 Å². The Balaban J connectivity index is 4.59. The predicted molar refractivity (Wildman–Crippen MR) is 248 cm³/mol. The van der Waals surface area contributed by atoms with Crippen molar-refractivity contribution < 1.29 is 0 Å². The van der Waals surface area contributed by atoms with Gasteiger partial charge in [0.05, 0.1) is 0 Å². The van der Waals surface area contributed by atoms with Crippen molar-refractivity contribution in [3.63, 3.8) is 0 Å². The van der Waals surface area contributed by atoms with Crippen LogP contribution in [0.15, 0.2) is 0 Å². The van der Waals surface area contributed by atoms with E-state index in [-0.39, 0.29) is 0 Å². The molecule has 0 heterocycles. The molecule has 0 aliphatic rings. The largest absolute Gasteiger partial charge is 0.106 e. The molecular weight excluding hydrogens is 757 g/mol. The number of terminal acetylenes is 1. The first kappa shape index (κ1) is 49.4. The standard InChI is InChI=1S/C63H4/c1-3-5-7-9-11-13-15-17-19-21-23-25-27-29-31-33-35-37-39-41-43-45-47-49-51-53-55-57-59-61-63-62-60-58-56-54-52-50-48-46-44-42-40-38-36-34-32-30-28-26-24-22-20-18-16-14-12-10-8-6-4-2/h1H,2H3. The van der Waals surface area contributed by atoms with Gasteiger partial charge in [-0.3, -0.25) is 0 Å².